The molecular weight excluding hydrogens is 258 g/mol. The molecule has 0 spiro atoms. The van der Waals surface area contributed by atoms with Gasteiger partial charge in [0.25, 0.3) is 5.69 Å². The van der Waals surface area contributed by atoms with E-state index in [0.29, 0.717) is 0 Å². The van der Waals surface area contributed by atoms with E-state index in [-0.39, 0.29) is 12.3 Å². The Hall–Kier alpha value is -1.87. The first-order chi connectivity index (χ1) is 7.53. The molecule has 0 radical (unpaired) electrons. The fourth-order valence-electron chi connectivity index (χ4n) is 0.969. The highest BCUT2D eigenvalue weighted by Gasteiger charge is 2.42. The Balaban J connectivity index is 3.43. The number of alkyl halides is 6. The van der Waals surface area contributed by atoms with Crippen LogP contribution < -0.4 is 0 Å². The normalized spacial score (nSPS) is 12.6. The minimum Gasteiger partial charge on any atom is -0.258 e. The minimum atomic E-state index is -5.14. The van der Waals surface area contributed by atoms with Crippen LogP contribution in [0.3, 0.4) is 0 Å². The Morgan fingerprint density at radius 3 is 2.00 bits per heavy atom. The molecule has 0 saturated carbocycles. The highest BCUT2D eigenvalue weighted by Crippen LogP contribution is 2.38. The van der Waals surface area contributed by atoms with Gasteiger partial charge in [-0.2, -0.15) is 26.3 Å². The number of halogens is 6. The molecule has 1 aromatic rings. The summed E-state index contributed by atoms with van der Waals surface area (Å²) in [6.45, 7) is 0. The molecule has 0 amide bonds. The molecule has 94 valence electrons. The van der Waals surface area contributed by atoms with Gasteiger partial charge in [-0.25, -0.2) is 0 Å². The molecule has 0 saturated heterocycles. The van der Waals surface area contributed by atoms with Crippen molar-refractivity contribution in [3.8, 4) is 0 Å². The topological polar surface area (TPSA) is 56.0 Å². The number of rotatable bonds is 1. The van der Waals surface area contributed by atoms with Gasteiger partial charge in [0.05, 0.1) is 4.92 Å². The molecule has 10 heteroatoms. The van der Waals surface area contributed by atoms with E-state index in [4.69, 9.17) is 0 Å². The molecule has 4 nitrogen and oxygen atoms in total. The standard InChI is InChI=1S/C7H2F6N2O2/c8-6(9,10)3-2-14-5(7(11,12)13)1-4(3)15(16)17/h1-2H. The molecule has 0 atom stereocenters. The molecule has 0 fully saturated rings. The SMILES string of the molecule is O=[N+]([O-])c1cc(C(F)(F)F)ncc1C(F)(F)F. The smallest absolute Gasteiger partial charge is 0.258 e. The molecule has 1 rings (SSSR count). The zero-order valence-electron chi connectivity index (χ0n) is 7.63. The van der Waals surface area contributed by atoms with Crippen molar-refractivity contribution in [2.45, 2.75) is 12.4 Å². The zero-order chi connectivity index (χ0) is 13.4. The Labute approximate surface area is 89.0 Å². The van der Waals surface area contributed by atoms with Crippen molar-refractivity contribution in [1.29, 1.82) is 0 Å². The maximum Gasteiger partial charge on any atom is 0.433 e. The van der Waals surface area contributed by atoms with E-state index >= 15 is 0 Å². The number of nitro groups is 1. The average molecular weight is 260 g/mol. The Bertz CT molecular complexity index is 453. The highest BCUT2D eigenvalue weighted by molar-refractivity contribution is 5.42. The quantitative estimate of drug-likeness (QED) is 0.443. The van der Waals surface area contributed by atoms with E-state index in [9.17, 15) is 36.5 Å². The van der Waals surface area contributed by atoms with Gasteiger partial charge in [0.15, 0.2) is 11.3 Å². The summed E-state index contributed by atoms with van der Waals surface area (Å²) in [4.78, 5) is 11.2. The third kappa shape index (κ3) is 2.82. The second-order valence-electron chi connectivity index (χ2n) is 2.84. The zero-order valence-corrected chi connectivity index (χ0v) is 7.63. The van der Waals surface area contributed by atoms with Crippen molar-refractivity contribution in [3.05, 3.63) is 33.6 Å². The number of nitrogens with zero attached hydrogens (tertiary/aromatic N) is 2. The van der Waals surface area contributed by atoms with Crippen LogP contribution in [0.15, 0.2) is 12.3 Å². The lowest BCUT2D eigenvalue weighted by molar-refractivity contribution is -0.388. The molecule has 0 bridgehead atoms. The van der Waals surface area contributed by atoms with Gasteiger partial charge in [0.1, 0.15) is 0 Å². The average Bonchev–Trinajstić information content (AvgIpc) is 2.14. The van der Waals surface area contributed by atoms with E-state index in [1.807, 2.05) is 0 Å². The van der Waals surface area contributed by atoms with Crippen LogP contribution in [-0.4, -0.2) is 9.91 Å². The van der Waals surface area contributed by atoms with Crippen molar-refractivity contribution >= 4 is 5.69 Å². The lowest BCUT2D eigenvalue weighted by Crippen LogP contribution is -2.14. The van der Waals surface area contributed by atoms with Gasteiger partial charge in [0.2, 0.25) is 0 Å². The Morgan fingerprint density at radius 1 is 1.12 bits per heavy atom. The van der Waals surface area contributed by atoms with Crippen LogP contribution in [0.4, 0.5) is 32.0 Å². The highest BCUT2D eigenvalue weighted by atomic mass is 19.4. The van der Waals surface area contributed by atoms with Crippen LogP contribution in [0.1, 0.15) is 11.3 Å². The van der Waals surface area contributed by atoms with Crippen LogP contribution in [0.5, 0.6) is 0 Å². The van der Waals surface area contributed by atoms with Gasteiger partial charge in [-0.3, -0.25) is 15.1 Å². The second kappa shape index (κ2) is 3.86. The molecule has 1 aromatic heterocycles. The third-order valence-electron chi connectivity index (χ3n) is 1.67. The molecule has 1 heterocycles. The predicted octanol–water partition coefficient (Wildman–Crippen LogP) is 3.03. The number of hydrogen-bond acceptors (Lipinski definition) is 3. The molecular formula is C7H2F6N2O2. The summed E-state index contributed by atoms with van der Waals surface area (Å²) < 4.78 is 72.9. The molecule has 0 unspecified atom stereocenters. The van der Waals surface area contributed by atoms with Gasteiger partial charge in [-0.05, 0) is 0 Å². The largest absolute Gasteiger partial charge is 0.433 e. The van der Waals surface area contributed by atoms with Gasteiger partial charge < -0.3 is 0 Å². The molecule has 17 heavy (non-hydrogen) atoms. The second-order valence-corrected chi connectivity index (χ2v) is 2.84. The van der Waals surface area contributed by atoms with Crippen LogP contribution in [0, 0.1) is 10.1 Å². The van der Waals surface area contributed by atoms with Crippen LogP contribution in [-0.2, 0) is 12.4 Å². The fourth-order valence-corrected chi connectivity index (χ4v) is 0.969. The molecule has 0 aliphatic carbocycles. The van der Waals surface area contributed by atoms with Gasteiger partial charge in [-0.1, -0.05) is 0 Å². The number of hydrogen-bond donors (Lipinski definition) is 0. The molecule has 0 aliphatic rings. The Morgan fingerprint density at radius 2 is 1.65 bits per heavy atom. The van der Waals surface area contributed by atoms with Crippen molar-refractivity contribution in [1.82, 2.24) is 4.98 Å². The maximum atomic E-state index is 12.2. The fraction of sp³-hybridized carbons (Fsp3) is 0.286. The third-order valence-corrected chi connectivity index (χ3v) is 1.67. The lowest BCUT2D eigenvalue weighted by Gasteiger charge is -2.09. The summed E-state index contributed by atoms with van der Waals surface area (Å²) in [7, 11) is 0. The summed E-state index contributed by atoms with van der Waals surface area (Å²) in [5, 5.41) is 10.3. The van der Waals surface area contributed by atoms with E-state index in [1.165, 1.54) is 0 Å². The number of aromatic nitrogens is 1. The van der Waals surface area contributed by atoms with Crippen molar-refractivity contribution in [2.75, 3.05) is 0 Å². The molecule has 0 aliphatic heterocycles. The molecule has 0 N–H and O–H groups in total. The summed E-state index contributed by atoms with van der Waals surface area (Å²) in [5.74, 6) is 0. The van der Waals surface area contributed by atoms with E-state index in [2.05, 4.69) is 4.98 Å². The van der Waals surface area contributed by atoms with Crippen LogP contribution >= 0.6 is 0 Å². The van der Waals surface area contributed by atoms with Crippen molar-refractivity contribution in [2.24, 2.45) is 0 Å². The minimum absolute atomic E-state index is 0.207. The van der Waals surface area contributed by atoms with Crippen LogP contribution in [0.25, 0.3) is 0 Å². The van der Waals surface area contributed by atoms with Gasteiger partial charge in [-0.15, -0.1) is 0 Å². The first kappa shape index (κ1) is 13.2. The van der Waals surface area contributed by atoms with Gasteiger partial charge in [0, 0.05) is 12.3 Å². The lowest BCUT2D eigenvalue weighted by atomic mass is 10.2. The van der Waals surface area contributed by atoms with E-state index in [1.54, 1.807) is 0 Å². The predicted molar refractivity (Wildman–Crippen MR) is 40.9 cm³/mol. The molecule has 0 aromatic carbocycles. The summed E-state index contributed by atoms with van der Waals surface area (Å²) in [5.41, 5.74) is -5.26. The van der Waals surface area contributed by atoms with Crippen molar-refractivity contribution in [3.63, 3.8) is 0 Å². The van der Waals surface area contributed by atoms with E-state index < -0.39 is 34.2 Å². The maximum absolute atomic E-state index is 12.2. The van der Waals surface area contributed by atoms with Gasteiger partial charge >= 0.3 is 12.4 Å². The first-order valence-electron chi connectivity index (χ1n) is 3.82. The summed E-state index contributed by atoms with van der Waals surface area (Å²) in [6.07, 6.45) is -10.4. The monoisotopic (exact) mass is 260 g/mol. The Kier molecular flexibility index (Phi) is 2.99. The summed E-state index contributed by atoms with van der Waals surface area (Å²) in [6, 6.07) is -0.247. The van der Waals surface area contributed by atoms with E-state index in [0.717, 1.165) is 0 Å². The first-order valence-corrected chi connectivity index (χ1v) is 3.82. The van der Waals surface area contributed by atoms with Crippen LogP contribution in [0.2, 0.25) is 0 Å². The van der Waals surface area contributed by atoms with Crippen molar-refractivity contribution < 1.29 is 31.3 Å². The number of pyridine rings is 1. The summed E-state index contributed by atoms with van der Waals surface area (Å²) >= 11 is 0.